The van der Waals surface area contributed by atoms with E-state index in [0.29, 0.717) is 11.3 Å². The predicted molar refractivity (Wildman–Crippen MR) is 92.7 cm³/mol. The molecule has 0 radical (unpaired) electrons. The average Bonchev–Trinajstić information content (AvgIpc) is 2.78. The quantitative estimate of drug-likeness (QED) is 0.680. The molecule has 1 atom stereocenters. The molecule has 0 aliphatic carbocycles. The Balaban J connectivity index is 2.05. The molecule has 2 rings (SSSR count). The van der Waals surface area contributed by atoms with Crippen LogP contribution in [0.5, 0.6) is 0 Å². The fourth-order valence-electron chi connectivity index (χ4n) is 2.02. The van der Waals surface area contributed by atoms with E-state index >= 15 is 0 Å². The zero-order valence-corrected chi connectivity index (χ0v) is 14.8. The molecule has 0 fully saturated rings. The molecule has 0 saturated carbocycles. The van der Waals surface area contributed by atoms with Crippen LogP contribution in [0.2, 0.25) is 5.15 Å². The number of halogens is 1. The number of nitrogens with zero attached hydrogens (tertiary/aromatic N) is 2. The molecule has 0 spiro atoms. The minimum atomic E-state index is -0.890. The first-order valence-corrected chi connectivity index (χ1v) is 7.88. The van der Waals surface area contributed by atoms with Crippen LogP contribution in [0.25, 0.3) is 11.7 Å². The molecule has 7 heteroatoms. The number of hydrogen-bond acceptors (Lipinski definition) is 4. The second-order valence-corrected chi connectivity index (χ2v) is 6.73. The summed E-state index contributed by atoms with van der Waals surface area (Å²) >= 11 is 6.08. The number of fused-ring (bicyclic) bond motifs is 1. The first-order valence-electron chi connectivity index (χ1n) is 7.51. The van der Waals surface area contributed by atoms with Gasteiger partial charge >= 0.3 is 5.97 Å². The summed E-state index contributed by atoms with van der Waals surface area (Å²) in [6, 6.07) is 5.48. The number of carbonyl (C=O) groups is 2. The van der Waals surface area contributed by atoms with Gasteiger partial charge in [0.05, 0.1) is 5.69 Å². The Morgan fingerprint density at radius 2 is 2.08 bits per heavy atom. The number of carbonyl (C=O) groups excluding carboxylic acids is 2. The third-order valence-corrected chi connectivity index (χ3v) is 3.34. The number of rotatable bonds is 4. The summed E-state index contributed by atoms with van der Waals surface area (Å²) in [6.07, 6.45) is 3.64. The van der Waals surface area contributed by atoms with Crippen molar-refractivity contribution in [2.75, 3.05) is 0 Å². The van der Waals surface area contributed by atoms with Crippen molar-refractivity contribution < 1.29 is 14.3 Å². The lowest BCUT2D eigenvalue weighted by molar-refractivity contribution is -0.150. The summed E-state index contributed by atoms with van der Waals surface area (Å²) in [6.45, 7) is 7.08. The van der Waals surface area contributed by atoms with Gasteiger partial charge in [-0.1, -0.05) is 17.7 Å². The van der Waals surface area contributed by atoms with Crippen molar-refractivity contribution >= 4 is 35.2 Å². The highest BCUT2D eigenvalue weighted by Crippen LogP contribution is 2.18. The van der Waals surface area contributed by atoms with E-state index in [4.69, 9.17) is 16.3 Å². The highest BCUT2D eigenvalue weighted by atomic mass is 35.5. The standard InChI is InChI=1S/C17H20ClN3O3/c1-11(16(23)20-17(2,3)4)24-14(22)9-8-12-15(18)19-13-7-5-6-10-21(12)13/h5-11H,1-4H3,(H,20,23)/b9-8+/t11-/m1/s1. The fraction of sp³-hybridized carbons (Fsp3) is 0.353. The number of pyridine rings is 1. The molecule has 0 bridgehead atoms. The lowest BCUT2D eigenvalue weighted by Gasteiger charge is -2.22. The average molecular weight is 350 g/mol. The number of esters is 1. The number of hydrogen-bond donors (Lipinski definition) is 1. The van der Waals surface area contributed by atoms with Crippen molar-refractivity contribution in [1.82, 2.24) is 14.7 Å². The lowest BCUT2D eigenvalue weighted by atomic mass is 10.1. The Labute approximate surface area is 145 Å². The Morgan fingerprint density at radius 1 is 1.38 bits per heavy atom. The highest BCUT2D eigenvalue weighted by Gasteiger charge is 2.21. The molecule has 0 aliphatic rings. The molecular weight excluding hydrogens is 330 g/mol. The SMILES string of the molecule is C[C@@H](OC(=O)/C=C/c1c(Cl)nc2ccccn12)C(=O)NC(C)(C)C. The van der Waals surface area contributed by atoms with Crippen molar-refractivity contribution in [3.8, 4) is 0 Å². The molecule has 0 unspecified atom stereocenters. The maximum atomic E-state index is 11.9. The topological polar surface area (TPSA) is 72.7 Å². The maximum absolute atomic E-state index is 11.9. The van der Waals surface area contributed by atoms with E-state index in [-0.39, 0.29) is 11.1 Å². The van der Waals surface area contributed by atoms with Crippen LogP contribution in [0.1, 0.15) is 33.4 Å². The fourth-order valence-corrected chi connectivity index (χ4v) is 2.26. The molecular formula is C17H20ClN3O3. The van der Waals surface area contributed by atoms with Gasteiger partial charge in [0.15, 0.2) is 11.3 Å². The van der Waals surface area contributed by atoms with Gasteiger partial charge in [0, 0.05) is 17.8 Å². The normalized spacial score (nSPS) is 13.2. The molecule has 0 aliphatic heterocycles. The van der Waals surface area contributed by atoms with Gasteiger partial charge in [-0.05, 0) is 45.9 Å². The Bertz CT molecular complexity index is 790. The summed E-state index contributed by atoms with van der Waals surface area (Å²) in [5, 5.41) is 3.03. The number of ether oxygens (including phenoxy) is 1. The van der Waals surface area contributed by atoms with E-state index in [1.165, 1.54) is 19.1 Å². The van der Waals surface area contributed by atoms with Gasteiger partial charge in [-0.3, -0.25) is 9.20 Å². The molecule has 1 N–H and O–H groups in total. The monoisotopic (exact) mass is 349 g/mol. The van der Waals surface area contributed by atoms with E-state index in [1.807, 2.05) is 32.9 Å². The molecule has 2 aromatic rings. The van der Waals surface area contributed by atoms with E-state index in [0.717, 1.165) is 0 Å². The molecule has 2 heterocycles. The summed E-state index contributed by atoms with van der Waals surface area (Å²) in [5.41, 5.74) is 0.849. The largest absolute Gasteiger partial charge is 0.449 e. The molecule has 2 aromatic heterocycles. The molecule has 128 valence electrons. The van der Waals surface area contributed by atoms with Gasteiger partial charge in [0.2, 0.25) is 0 Å². The Morgan fingerprint density at radius 3 is 2.75 bits per heavy atom. The highest BCUT2D eigenvalue weighted by molar-refractivity contribution is 6.31. The molecule has 1 amide bonds. The first-order chi connectivity index (χ1) is 11.2. The number of imidazole rings is 1. The minimum absolute atomic E-state index is 0.281. The van der Waals surface area contributed by atoms with Crippen LogP contribution in [0.4, 0.5) is 0 Å². The molecule has 24 heavy (non-hydrogen) atoms. The maximum Gasteiger partial charge on any atom is 0.331 e. The van der Waals surface area contributed by atoms with Crippen molar-refractivity contribution in [2.45, 2.75) is 39.3 Å². The second-order valence-electron chi connectivity index (χ2n) is 6.37. The summed E-state index contributed by atoms with van der Waals surface area (Å²) in [4.78, 5) is 28.0. The summed E-state index contributed by atoms with van der Waals surface area (Å²) in [7, 11) is 0. The van der Waals surface area contributed by atoms with E-state index in [9.17, 15) is 9.59 Å². The first kappa shape index (κ1) is 18.0. The van der Waals surface area contributed by atoms with Crippen LogP contribution < -0.4 is 5.32 Å². The van der Waals surface area contributed by atoms with Crippen molar-refractivity contribution in [1.29, 1.82) is 0 Å². The molecule has 0 aromatic carbocycles. The number of aromatic nitrogens is 2. The van der Waals surface area contributed by atoms with Crippen LogP contribution in [0.15, 0.2) is 30.5 Å². The summed E-state index contributed by atoms with van der Waals surface area (Å²) in [5.74, 6) is -0.981. The third-order valence-electron chi connectivity index (χ3n) is 3.06. The van der Waals surface area contributed by atoms with Crippen LogP contribution >= 0.6 is 11.6 Å². The zero-order chi connectivity index (χ0) is 17.9. The van der Waals surface area contributed by atoms with Gasteiger partial charge < -0.3 is 10.1 Å². The van der Waals surface area contributed by atoms with E-state index in [2.05, 4.69) is 10.3 Å². The van der Waals surface area contributed by atoms with Crippen LogP contribution in [-0.4, -0.2) is 32.9 Å². The predicted octanol–water partition coefficient (Wildman–Crippen LogP) is 2.85. The van der Waals surface area contributed by atoms with Crippen LogP contribution in [0, 0.1) is 0 Å². The van der Waals surface area contributed by atoms with Gasteiger partial charge in [-0.25, -0.2) is 9.78 Å². The van der Waals surface area contributed by atoms with E-state index < -0.39 is 17.6 Å². The zero-order valence-electron chi connectivity index (χ0n) is 14.0. The van der Waals surface area contributed by atoms with Crippen LogP contribution in [-0.2, 0) is 14.3 Å². The number of amides is 1. The van der Waals surface area contributed by atoms with Crippen molar-refractivity contribution in [3.63, 3.8) is 0 Å². The summed E-state index contributed by atoms with van der Waals surface area (Å²) < 4.78 is 6.85. The molecule has 0 saturated heterocycles. The number of nitrogens with one attached hydrogen (secondary N) is 1. The Kier molecular flexibility index (Phi) is 5.29. The molecule has 6 nitrogen and oxygen atoms in total. The lowest BCUT2D eigenvalue weighted by Crippen LogP contribution is -2.46. The Hall–Kier alpha value is -2.34. The third kappa shape index (κ3) is 4.58. The van der Waals surface area contributed by atoms with Gasteiger partial charge in [0.25, 0.3) is 5.91 Å². The van der Waals surface area contributed by atoms with Gasteiger partial charge in [-0.15, -0.1) is 0 Å². The van der Waals surface area contributed by atoms with Gasteiger partial charge in [-0.2, -0.15) is 0 Å². The van der Waals surface area contributed by atoms with Crippen LogP contribution in [0.3, 0.4) is 0 Å². The smallest absolute Gasteiger partial charge is 0.331 e. The van der Waals surface area contributed by atoms with Crippen molar-refractivity contribution in [3.05, 3.63) is 41.3 Å². The van der Waals surface area contributed by atoms with E-state index in [1.54, 1.807) is 16.7 Å². The minimum Gasteiger partial charge on any atom is -0.449 e. The second kappa shape index (κ2) is 7.05. The van der Waals surface area contributed by atoms with Crippen molar-refractivity contribution in [2.24, 2.45) is 0 Å². The van der Waals surface area contributed by atoms with Gasteiger partial charge in [0.1, 0.15) is 5.65 Å².